The molecule has 1 aliphatic rings. The van der Waals surface area contributed by atoms with Crippen molar-refractivity contribution < 1.29 is 4.21 Å². The van der Waals surface area contributed by atoms with Gasteiger partial charge in [-0.3, -0.25) is 4.21 Å². The Hall–Kier alpha value is 0.110. The number of hydrogen-bond donors (Lipinski definition) is 1. The maximum Gasteiger partial charge on any atom is 0.0503 e. The van der Waals surface area contributed by atoms with Crippen molar-refractivity contribution in [3.8, 4) is 0 Å². The highest BCUT2D eigenvalue weighted by Gasteiger charge is 2.32. The highest BCUT2D eigenvalue weighted by Crippen LogP contribution is 2.25. The molecule has 0 heterocycles. The van der Waals surface area contributed by atoms with Crippen LogP contribution in [0.15, 0.2) is 0 Å². The topological polar surface area (TPSA) is 29.1 Å². The molecule has 0 spiro atoms. The van der Waals surface area contributed by atoms with Gasteiger partial charge in [0.15, 0.2) is 0 Å². The Morgan fingerprint density at radius 1 is 1.46 bits per heavy atom. The monoisotopic (exact) mass is 203 g/mol. The average Bonchev–Trinajstić information content (AvgIpc) is 2.52. The minimum absolute atomic E-state index is 0.309. The van der Waals surface area contributed by atoms with Crippen LogP contribution in [-0.4, -0.2) is 27.3 Å². The third-order valence-corrected chi connectivity index (χ3v) is 4.77. The molecular formula is C10H21NOS. The zero-order chi connectivity index (χ0) is 9.84. The first kappa shape index (κ1) is 11.2. The summed E-state index contributed by atoms with van der Waals surface area (Å²) in [7, 11) is -0.641. The SMILES string of the molecule is CCNC1CCCC1S(=O)C(C)C. The van der Waals surface area contributed by atoms with Crippen LogP contribution in [0.5, 0.6) is 0 Å². The Morgan fingerprint density at radius 2 is 2.15 bits per heavy atom. The van der Waals surface area contributed by atoms with Gasteiger partial charge in [-0.25, -0.2) is 0 Å². The zero-order valence-corrected chi connectivity index (χ0v) is 9.69. The van der Waals surface area contributed by atoms with Crippen LogP contribution in [0.25, 0.3) is 0 Å². The van der Waals surface area contributed by atoms with Crippen molar-refractivity contribution in [3.63, 3.8) is 0 Å². The first-order valence-corrected chi connectivity index (χ1v) is 6.57. The predicted octanol–water partition coefficient (Wildman–Crippen LogP) is 1.67. The summed E-state index contributed by atoms with van der Waals surface area (Å²) in [5.41, 5.74) is 0. The third-order valence-electron chi connectivity index (χ3n) is 2.68. The van der Waals surface area contributed by atoms with Gasteiger partial charge in [0.2, 0.25) is 0 Å². The molecule has 3 atom stereocenters. The van der Waals surface area contributed by atoms with Crippen LogP contribution in [-0.2, 0) is 10.8 Å². The minimum Gasteiger partial charge on any atom is -0.313 e. The van der Waals surface area contributed by atoms with Crippen molar-refractivity contribution in [2.24, 2.45) is 0 Å². The quantitative estimate of drug-likeness (QED) is 0.753. The van der Waals surface area contributed by atoms with E-state index in [1.807, 2.05) is 0 Å². The van der Waals surface area contributed by atoms with E-state index in [4.69, 9.17) is 0 Å². The number of nitrogens with one attached hydrogen (secondary N) is 1. The van der Waals surface area contributed by atoms with Gasteiger partial charge in [-0.05, 0) is 19.4 Å². The molecule has 1 rings (SSSR count). The lowest BCUT2D eigenvalue weighted by molar-refractivity contribution is 0.539. The lowest BCUT2D eigenvalue weighted by atomic mass is 10.2. The Morgan fingerprint density at radius 3 is 2.69 bits per heavy atom. The van der Waals surface area contributed by atoms with E-state index in [0.29, 0.717) is 16.5 Å². The summed E-state index contributed by atoms with van der Waals surface area (Å²) < 4.78 is 11.9. The molecule has 2 nitrogen and oxygen atoms in total. The van der Waals surface area contributed by atoms with E-state index in [2.05, 4.69) is 26.1 Å². The maximum atomic E-state index is 11.9. The molecule has 0 aromatic carbocycles. The smallest absolute Gasteiger partial charge is 0.0503 e. The molecule has 0 amide bonds. The van der Waals surface area contributed by atoms with Crippen molar-refractivity contribution in [2.45, 2.75) is 56.6 Å². The van der Waals surface area contributed by atoms with Crippen molar-refractivity contribution in [2.75, 3.05) is 6.54 Å². The van der Waals surface area contributed by atoms with E-state index < -0.39 is 10.8 Å². The summed E-state index contributed by atoms with van der Waals surface area (Å²) in [6.07, 6.45) is 3.58. The van der Waals surface area contributed by atoms with Gasteiger partial charge in [0.1, 0.15) is 0 Å². The van der Waals surface area contributed by atoms with Crippen molar-refractivity contribution in [3.05, 3.63) is 0 Å². The summed E-state index contributed by atoms with van der Waals surface area (Å²) in [4.78, 5) is 0. The van der Waals surface area contributed by atoms with E-state index in [1.165, 1.54) is 12.8 Å². The lowest BCUT2D eigenvalue weighted by Crippen LogP contribution is -2.39. The van der Waals surface area contributed by atoms with Gasteiger partial charge < -0.3 is 5.32 Å². The molecule has 0 radical (unpaired) electrons. The number of hydrogen-bond acceptors (Lipinski definition) is 2. The highest BCUT2D eigenvalue weighted by atomic mass is 32.2. The second-order valence-electron chi connectivity index (χ2n) is 4.01. The van der Waals surface area contributed by atoms with Gasteiger partial charge >= 0.3 is 0 Å². The van der Waals surface area contributed by atoms with Crippen LogP contribution in [0.2, 0.25) is 0 Å². The molecule has 1 N–H and O–H groups in total. The molecule has 1 aliphatic carbocycles. The van der Waals surface area contributed by atoms with Crippen LogP contribution >= 0.6 is 0 Å². The molecule has 13 heavy (non-hydrogen) atoms. The Labute approximate surface area is 83.9 Å². The van der Waals surface area contributed by atoms with Crippen LogP contribution in [0.3, 0.4) is 0 Å². The molecule has 3 heteroatoms. The van der Waals surface area contributed by atoms with Crippen LogP contribution in [0.1, 0.15) is 40.0 Å². The van der Waals surface area contributed by atoms with Gasteiger partial charge in [0.25, 0.3) is 0 Å². The predicted molar refractivity (Wildman–Crippen MR) is 58.4 cm³/mol. The average molecular weight is 203 g/mol. The standard InChI is InChI=1S/C10H21NOS/c1-4-11-9-6-5-7-10(9)13(12)8(2)3/h8-11H,4-7H2,1-3H3. The zero-order valence-electron chi connectivity index (χ0n) is 8.88. The second kappa shape index (κ2) is 5.11. The summed E-state index contributed by atoms with van der Waals surface area (Å²) in [5, 5.41) is 4.15. The molecule has 1 fully saturated rings. The third kappa shape index (κ3) is 2.78. The largest absolute Gasteiger partial charge is 0.313 e. The first-order chi connectivity index (χ1) is 6.16. The minimum atomic E-state index is -0.641. The molecule has 0 aliphatic heterocycles. The molecule has 3 unspecified atom stereocenters. The van der Waals surface area contributed by atoms with E-state index in [-0.39, 0.29) is 0 Å². The first-order valence-electron chi connectivity index (χ1n) is 5.29. The fourth-order valence-electron chi connectivity index (χ4n) is 2.05. The molecule has 0 aromatic heterocycles. The number of rotatable bonds is 4. The van der Waals surface area contributed by atoms with E-state index in [1.54, 1.807) is 0 Å². The fraction of sp³-hybridized carbons (Fsp3) is 1.00. The molecule has 0 bridgehead atoms. The summed E-state index contributed by atoms with van der Waals surface area (Å²) in [6.45, 7) is 7.22. The van der Waals surface area contributed by atoms with E-state index in [0.717, 1.165) is 13.0 Å². The Kier molecular flexibility index (Phi) is 4.39. The van der Waals surface area contributed by atoms with Gasteiger partial charge in [0, 0.05) is 22.1 Å². The van der Waals surface area contributed by atoms with Crippen molar-refractivity contribution >= 4 is 10.8 Å². The fourth-order valence-corrected chi connectivity index (χ4v) is 3.70. The highest BCUT2D eigenvalue weighted by molar-refractivity contribution is 7.86. The van der Waals surface area contributed by atoms with Crippen LogP contribution < -0.4 is 5.32 Å². The maximum absolute atomic E-state index is 11.9. The Balaban J connectivity index is 2.52. The lowest BCUT2D eigenvalue weighted by Gasteiger charge is -2.21. The molecule has 0 aromatic rings. The molecule has 78 valence electrons. The van der Waals surface area contributed by atoms with E-state index >= 15 is 0 Å². The van der Waals surface area contributed by atoms with Crippen molar-refractivity contribution in [1.29, 1.82) is 0 Å². The van der Waals surface area contributed by atoms with Crippen LogP contribution in [0, 0.1) is 0 Å². The summed E-state index contributed by atoms with van der Waals surface area (Å²) >= 11 is 0. The van der Waals surface area contributed by atoms with Gasteiger partial charge in [-0.1, -0.05) is 27.2 Å². The Bertz CT molecular complexity index is 182. The van der Waals surface area contributed by atoms with Crippen molar-refractivity contribution in [1.82, 2.24) is 5.32 Å². The molecule has 0 saturated heterocycles. The summed E-state index contributed by atoms with van der Waals surface area (Å²) in [6, 6.07) is 0.508. The van der Waals surface area contributed by atoms with Gasteiger partial charge in [-0.2, -0.15) is 0 Å². The van der Waals surface area contributed by atoms with Crippen LogP contribution in [0.4, 0.5) is 0 Å². The van der Waals surface area contributed by atoms with E-state index in [9.17, 15) is 4.21 Å². The second-order valence-corrected chi connectivity index (χ2v) is 6.22. The van der Waals surface area contributed by atoms with Gasteiger partial charge in [0.05, 0.1) is 5.25 Å². The van der Waals surface area contributed by atoms with Gasteiger partial charge in [-0.15, -0.1) is 0 Å². The normalized spacial score (nSPS) is 31.1. The summed E-state index contributed by atoms with van der Waals surface area (Å²) in [5.74, 6) is 0. The molecule has 1 saturated carbocycles. The molecular weight excluding hydrogens is 182 g/mol.